The smallest absolute Gasteiger partial charge is 0.255 e. The molecule has 4 rings (SSSR count). The molecule has 4 aromatic rings. The first-order valence-electron chi connectivity index (χ1n) is 6.87. The van der Waals surface area contributed by atoms with Gasteiger partial charge >= 0.3 is 0 Å². The summed E-state index contributed by atoms with van der Waals surface area (Å²) in [5.41, 5.74) is 3.61. The minimum Gasteiger partial charge on any atom is -0.345 e. The van der Waals surface area contributed by atoms with E-state index in [2.05, 4.69) is 30.8 Å². The van der Waals surface area contributed by atoms with Gasteiger partial charge in [0.15, 0.2) is 0 Å². The minimum atomic E-state index is -0.199. The third-order valence-corrected chi connectivity index (χ3v) is 3.40. The first-order valence-corrected chi connectivity index (χ1v) is 6.87. The molecule has 0 aliphatic carbocycles. The summed E-state index contributed by atoms with van der Waals surface area (Å²) in [5.74, 6) is -0.199. The molecule has 0 atom stereocenters. The molecule has 0 spiro atoms. The quantitative estimate of drug-likeness (QED) is 0.601. The van der Waals surface area contributed by atoms with E-state index < -0.39 is 0 Å². The number of fused-ring (bicyclic) bond motifs is 1. The van der Waals surface area contributed by atoms with Crippen LogP contribution < -0.4 is 5.32 Å². The third kappa shape index (κ3) is 2.53. The second-order valence-corrected chi connectivity index (χ2v) is 4.89. The van der Waals surface area contributed by atoms with Gasteiger partial charge in [0.2, 0.25) is 0 Å². The average Bonchev–Trinajstić information content (AvgIpc) is 3.26. The molecule has 0 bridgehead atoms. The van der Waals surface area contributed by atoms with E-state index in [-0.39, 0.29) is 5.91 Å². The molecular formula is C15H11N7O. The van der Waals surface area contributed by atoms with E-state index in [0.29, 0.717) is 11.3 Å². The number of H-pyrrole nitrogens is 1. The van der Waals surface area contributed by atoms with Gasteiger partial charge in [-0.3, -0.25) is 4.79 Å². The van der Waals surface area contributed by atoms with Crippen molar-refractivity contribution in [3.63, 3.8) is 0 Å². The fraction of sp³-hybridized carbons (Fsp3) is 0. The van der Waals surface area contributed by atoms with Crippen LogP contribution in [0.5, 0.6) is 0 Å². The number of aromatic nitrogens is 6. The topological polar surface area (TPSA) is 101 Å². The number of nitrogens with zero attached hydrogens (tertiary/aromatic N) is 5. The number of tetrazole rings is 1. The molecule has 2 aromatic carbocycles. The van der Waals surface area contributed by atoms with Crippen LogP contribution in [-0.4, -0.2) is 36.1 Å². The zero-order valence-electron chi connectivity index (χ0n) is 11.8. The van der Waals surface area contributed by atoms with Crippen LogP contribution in [0.2, 0.25) is 0 Å². The molecule has 0 saturated heterocycles. The summed E-state index contributed by atoms with van der Waals surface area (Å²) in [7, 11) is 0. The molecule has 2 heterocycles. The first kappa shape index (κ1) is 13.1. The minimum absolute atomic E-state index is 0.199. The molecular weight excluding hydrogens is 294 g/mol. The Morgan fingerprint density at radius 2 is 2.13 bits per heavy atom. The van der Waals surface area contributed by atoms with Crippen LogP contribution in [0.15, 0.2) is 55.1 Å². The summed E-state index contributed by atoms with van der Waals surface area (Å²) in [5, 5.41) is 13.9. The van der Waals surface area contributed by atoms with E-state index >= 15 is 0 Å². The molecule has 0 unspecified atom stereocenters. The Kier molecular flexibility index (Phi) is 3.05. The number of hydrogen-bond donors (Lipinski definition) is 2. The first-order chi connectivity index (χ1) is 11.3. The molecule has 0 aliphatic rings. The highest BCUT2D eigenvalue weighted by Gasteiger charge is 2.08. The lowest BCUT2D eigenvalue weighted by Crippen LogP contribution is -2.12. The van der Waals surface area contributed by atoms with Crippen molar-refractivity contribution >= 4 is 22.6 Å². The number of imidazole rings is 1. The van der Waals surface area contributed by atoms with Gasteiger partial charge < -0.3 is 10.3 Å². The van der Waals surface area contributed by atoms with Crippen LogP contribution in [0.25, 0.3) is 16.7 Å². The fourth-order valence-electron chi connectivity index (χ4n) is 2.29. The number of nitrogens with one attached hydrogen (secondary N) is 2. The monoisotopic (exact) mass is 305 g/mol. The van der Waals surface area contributed by atoms with E-state index in [1.165, 1.54) is 11.0 Å². The molecule has 0 aliphatic heterocycles. The summed E-state index contributed by atoms with van der Waals surface area (Å²) in [6.45, 7) is 0. The number of benzene rings is 2. The number of rotatable bonds is 3. The van der Waals surface area contributed by atoms with Gasteiger partial charge in [-0.25, -0.2) is 9.67 Å². The van der Waals surface area contributed by atoms with Gasteiger partial charge in [-0.1, -0.05) is 6.07 Å². The third-order valence-electron chi connectivity index (χ3n) is 3.40. The number of anilines is 1. The molecule has 0 saturated carbocycles. The van der Waals surface area contributed by atoms with Crippen LogP contribution in [0, 0.1) is 0 Å². The van der Waals surface area contributed by atoms with Crippen molar-refractivity contribution in [1.82, 2.24) is 30.2 Å². The molecule has 2 N–H and O–H groups in total. The molecule has 8 nitrogen and oxygen atoms in total. The zero-order chi connectivity index (χ0) is 15.6. The standard InChI is InChI=1S/C15H11N7O/c23-15(10-4-5-13-14(6-10)17-8-16-13)19-11-2-1-3-12(7-11)22-9-18-20-21-22/h1-9H,(H,16,17)(H,19,23). The second-order valence-electron chi connectivity index (χ2n) is 4.89. The highest BCUT2D eigenvalue weighted by molar-refractivity contribution is 6.06. The van der Waals surface area contributed by atoms with Gasteiger partial charge in [0, 0.05) is 11.3 Å². The number of aromatic amines is 1. The van der Waals surface area contributed by atoms with Crippen molar-refractivity contribution in [1.29, 1.82) is 0 Å². The Morgan fingerprint density at radius 3 is 3.00 bits per heavy atom. The fourth-order valence-corrected chi connectivity index (χ4v) is 2.29. The van der Waals surface area contributed by atoms with E-state index in [1.54, 1.807) is 36.7 Å². The maximum absolute atomic E-state index is 12.4. The Labute approximate surface area is 130 Å². The predicted octanol–water partition coefficient (Wildman–Crippen LogP) is 1.79. The lowest BCUT2D eigenvalue weighted by atomic mass is 10.2. The molecule has 1 amide bonds. The van der Waals surface area contributed by atoms with E-state index in [4.69, 9.17) is 0 Å². The highest BCUT2D eigenvalue weighted by atomic mass is 16.1. The number of amides is 1. The van der Waals surface area contributed by atoms with Gasteiger partial charge in [0.25, 0.3) is 5.91 Å². The largest absolute Gasteiger partial charge is 0.345 e. The lowest BCUT2D eigenvalue weighted by Gasteiger charge is -2.07. The van der Waals surface area contributed by atoms with Gasteiger partial charge in [-0.15, -0.1) is 5.10 Å². The van der Waals surface area contributed by atoms with Gasteiger partial charge in [0.1, 0.15) is 6.33 Å². The molecule has 8 heteroatoms. The summed E-state index contributed by atoms with van der Waals surface area (Å²) in [4.78, 5) is 19.5. The molecule has 23 heavy (non-hydrogen) atoms. The van der Waals surface area contributed by atoms with E-state index in [0.717, 1.165) is 16.7 Å². The van der Waals surface area contributed by atoms with E-state index in [9.17, 15) is 4.79 Å². The van der Waals surface area contributed by atoms with Gasteiger partial charge in [-0.05, 0) is 46.8 Å². The lowest BCUT2D eigenvalue weighted by molar-refractivity contribution is 0.102. The van der Waals surface area contributed by atoms with Crippen molar-refractivity contribution in [3.8, 4) is 5.69 Å². The van der Waals surface area contributed by atoms with Crippen LogP contribution in [0.4, 0.5) is 5.69 Å². The average molecular weight is 305 g/mol. The maximum Gasteiger partial charge on any atom is 0.255 e. The Hall–Kier alpha value is -3.55. The summed E-state index contributed by atoms with van der Waals surface area (Å²) in [6.07, 6.45) is 3.09. The van der Waals surface area contributed by atoms with E-state index in [1.807, 2.05) is 12.1 Å². The highest BCUT2D eigenvalue weighted by Crippen LogP contribution is 2.16. The van der Waals surface area contributed by atoms with Gasteiger partial charge in [-0.2, -0.15) is 0 Å². The van der Waals surface area contributed by atoms with Crippen molar-refractivity contribution < 1.29 is 4.79 Å². The Morgan fingerprint density at radius 1 is 1.17 bits per heavy atom. The molecule has 0 radical (unpaired) electrons. The molecule has 112 valence electrons. The number of carbonyl (C=O) groups excluding carboxylic acids is 1. The van der Waals surface area contributed by atoms with Crippen molar-refractivity contribution in [3.05, 3.63) is 60.7 Å². The van der Waals surface area contributed by atoms with Crippen LogP contribution in [0.1, 0.15) is 10.4 Å². The summed E-state index contributed by atoms with van der Waals surface area (Å²) >= 11 is 0. The van der Waals surface area contributed by atoms with Crippen LogP contribution >= 0.6 is 0 Å². The number of hydrogen-bond acceptors (Lipinski definition) is 5. The van der Waals surface area contributed by atoms with Crippen molar-refractivity contribution in [2.24, 2.45) is 0 Å². The second kappa shape index (κ2) is 5.34. The Balaban J connectivity index is 1.59. The zero-order valence-corrected chi connectivity index (χ0v) is 11.8. The summed E-state index contributed by atoms with van der Waals surface area (Å²) in [6, 6.07) is 12.6. The van der Waals surface area contributed by atoms with Crippen LogP contribution in [0.3, 0.4) is 0 Å². The normalized spacial score (nSPS) is 10.8. The molecule has 2 aromatic heterocycles. The van der Waals surface area contributed by atoms with Crippen LogP contribution in [-0.2, 0) is 0 Å². The van der Waals surface area contributed by atoms with Crippen molar-refractivity contribution in [2.75, 3.05) is 5.32 Å². The summed E-state index contributed by atoms with van der Waals surface area (Å²) < 4.78 is 1.52. The SMILES string of the molecule is O=C(Nc1cccc(-n2cnnn2)c1)c1ccc2nc[nH]c2c1. The Bertz CT molecular complexity index is 974. The van der Waals surface area contributed by atoms with Crippen molar-refractivity contribution in [2.45, 2.75) is 0 Å². The predicted molar refractivity (Wildman–Crippen MR) is 83.2 cm³/mol. The molecule has 0 fully saturated rings. The van der Waals surface area contributed by atoms with Gasteiger partial charge in [0.05, 0.1) is 23.0 Å². The maximum atomic E-state index is 12.4. The number of carbonyl (C=O) groups is 1.